The van der Waals surface area contributed by atoms with Gasteiger partial charge < -0.3 is 4.74 Å². The highest BCUT2D eigenvalue weighted by Gasteiger charge is 1.99. The lowest BCUT2D eigenvalue weighted by molar-refractivity contribution is -0.131. The normalized spacial score (nSPS) is 12.5. The molecular formula is C14H14BrIO2. The van der Waals surface area contributed by atoms with Crippen molar-refractivity contribution in [2.75, 3.05) is 0 Å². The van der Waals surface area contributed by atoms with Gasteiger partial charge in [0, 0.05) is 11.4 Å². The number of rotatable bonds is 2. The molecule has 0 unspecified atom stereocenters. The minimum absolute atomic E-state index is 0.311. The lowest BCUT2D eigenvalue weighted by Crippen LogP contribution is -2.26. The summed E-state index contributed by atoms with van der Waals surface area (Å²) in [5.41, 5.74) is 1.21. The van der Waals surface area contributed by atoms with Crippen LogP contribution in [0, 0.1) is 0 Å². The number of halogens is 2. The molecule has 0 aliphatic heterocycles. The second-order valence-electron chi connectivity index (χ2n) is 3.98. The van der Waals surface area contributed by atoms with Gasteiger partial charge in [0.1, 0.15) is 5.75 Å². The van der Waals surface area contributed by atoms with Crippen LogP contribution in [0.25, 0.3) is 11.6 Å². The van der Waals surface area contributed by atoms with Gasteiger partial charge in [0.2, 0.25) is 0 Å². The molecule has 0 spiro atoms. The molecule has 1 aromatic carbocycles. The van der Waals surface area contributed by atoms with Crippen LogP contribution in [0.2, 0.25) is 0 Å². The monoisotopic (exact) mass is 420 g/mol. The number of allylic oxidation sites excluding steroid dienone is 1. The molecule has 1 rings (SSSR count). The van der Waals surface area contributed by atoms with Gasteiger partial charge in [-0.1, -0.05) is 50.2 Å². The Kier molecular flexibility index (Phi) is 6.08. The maximum atomic E-state index is 11.0. The zero-order valence-electron chi connectivity index (χ0n) is 10.5. The summed E-state index contributed by atoms with van der Waals surface area (Å²) >= 11 is 5.62. The van der Waals surface area contributed by atoms with E-state index >= 15 is 0 Å². The molecule has 0 bridgehead atoms. The average molecular weight is 421 g/mol. The lowest BCUT2D eigenvalue weighted by Gasteiger charge is -2.02. The molecule has 0 amide bonds. The maximum Gasteiger partial charge on any atom is 0.308 e. The van der Waals surface area contributed by atoms with Gasteiger partial charge in [-0.3, -0.25) is 4.79 Å². The Morgan fingerprint density at radius 1 is 1.33 bits per heavy atom. The number of benzene rings is 1. The van der Waals surface area contributed by atoms with E-state index < -0.39 is 0 Å². The fourth-order valence-electron chi connectivity index (χ4n) is 1.53. The van der Waals surface area contributed by atoms with Crippen molar-refractivity contribution in [3.8, 4) is 5.75 Å². The number of hydrogen-bond donors (Lipinski definition) is 0. The average Bonchev–Trinajstić information content (AvgIpc) is 2.27. The predicted molar refractivity (Wildman–Crippen MR) is 87.3 cm³/mol. The predicted octanol–water partition coefficient (Wildman–Crippen LogP) is 3.25. The molecule has 0 aromatic heterocycles. The minimum atomic E-state index is -0.311. The smallest absolute Gasteiger partial charge is 0.308 e. The zero-order valence-corrected chi connectivity index (χ0v) is 14.2. The van der Waals surface area contributed by atoms with Crippen LogP contribution in [0.4, 0.5) is 0 Å². The highest BCUT2D eigenvalue weighted by molar-refractivity contribution is 14.1. The highest BCUT2D eigenvalue weighted by Crippen LogP contribution is 2.10. The molecule has 2 nitrogen and oxygen atoms in total. The molecule has 0 saturated carbocycles. The van der Waals surface area contributed by atoms with Crippen LogP contribution in [0.15, 0.2) is 26.8 Å². The molecule has 0 fully saturated rings. The lowest BCUT2D eigenvalue weighted by atomic mass is 10.1. The summed E-state index contributed by atoms with van der Waals surface area (Å²) in [6.07, 6.45) is 2.00. The molecular weight excluding hydrogens is 407 g/mol. The Labute approximate surface area is 129 Å². The topological polar surface area (TPSA) is 26.3 Å². The Morgan fingerprint density at radius 3 is 2.50 bits per heavy atom. The fourth-order valence-corrected chi connectivity index (χ4v) is 1.95. The molecule has 1 aromatic rings. The quantitative estimate of drug-likeness (QED) is 0.417. The summed E-state index contributed by atoms with van der Waals surface area (Å²) in [4.78, 5) is 11.0. The van der Waals surface area contributed by atoms with Crippen molar-refractivity contribution in [2.24, 2.45) is 0 Å². The Morgan fingerprint density at radius 2 is 2.00 bits per heavy atom. The van der Waals surface area contributed by atoms with E-state index in [1.54, 1.807) is 0 Å². The summed E-state index contributed by atoms with van der Waals surface area (Å²) < 4.78 is 8.01. The third-order valence-electron chi connectivity index (χ3n) is 2.22. The van der Waals surface area contributed by atoms with E-state index in [1.165, 1.54) is 12.5 Å². The van der Waals surface area contributed by atoms with E-state index in [0.717, 1.165) is 14.9 Å². The van der Waals surface area contributed by atoms with E-state index in [4.69, 9.17) is 4.74 Å². The Balaban J connectivity index is 3.49. The molecule has 0 aliphatic rings. The van der Waals surface area contributed by atoms with E-state index in [9.17, 15) is 4.79 Å². The van der Waals surface area contributed by atoms with Crippen LogP contribution in [0.1, 0.15) is 20.8 Å². The van der Waals surface area contributed by atoms with E-state index in [0.29, 0.717) is 5.75 Å². The largest absolute Gasteiger partial charge is 0.427 e. The van der Waals surface area contributed by atoms with Gasteiger partial charge in [0.15, 0.2) is 0 Å². The van der Waals surface area contributed by atoms with Crippen molar-refractivity contribution in [2.45, 2.75) is 20.8 Å². The number of hydrogen-bond acceptors (Lipinski definition) is 2. The van der Waals surface area contributed by atoms with Crippen molar-refractivity contribution in [3.05, 3.63) is 37.2 Å². The second-order valence-corrected chi connectivity index (χ2v) is 5.52. The van der Waals surface area contributed by atoms with Crippen LogP contribution in [-0.4, -0.2) is 5.97 Å². The fraction of sp³-hybridized carbons (Fsp3) is 0.214. The van der Waals surface area contributed by atoms with Gasteiger partial charge in [-0.25, -0.2) is 0 Å². The van der Waals surface area contributed by atoms with Gasteiger partial charge in [-0.15, -0.1) is 0 Å². The first-order valence-electron chi connectivity index (χ1n) is 5.37. The number of carbonyl (C=O) groups excluding carboxylic acids is 1. The van der Waals surface area contributed by atoms with Gasteiger partial charge in [-0.2, -0.15) is 0 Å². The maximum absolute atomic E-state index is 11.0. The first-order valence-corrected chi connectivity index (χ1v) is 7.41. The minimum Gasteiger partial charge on any atom is -0.427 e. The van der Waals surface area contributed by atoms with E-state index in [1.807, 2.05) is 28.4 Å². The summed E-state index contributed by atoms with van der Waals surface area (Å²) in [6, 6.07) is 5.64. The number of esters is 1. The second kappa shape index (κ2) is 7.09. The zero-order chi connectivity index (χ0) is 13.7. The molecule has 0 radical (unpaired) electrons. The Hall–Kier alpha value is -0.620. The van der Waals surface area contributed by atoms with Gasteiger partial charge >= 0.3 is 5.97 Å². The van der Waals surface area contributed by atoms with Crippen molar-refractivity contribution in [1.29, 1.82) is 0 Å². The summed E-state index contributed by atoms with van der Waals surface area (Å²) in [6.45, 7) is 5.51. The van der Waals surface area contributed by atoms with Crippen molar-refractivity contribution >= 4 is 56.1 Å². The van der Waals surface area contributed by atoms with Crippen LogP contribution < -0.4 is 15.2 Å². The third-order valence-corrected chi connectivity index (χ3v) is 4.21. The third kappa shape index (κ3) is 4.57. The van der Waals surface area contributed by atoms with Gasteiger partial charge in [0.05, 0.1) is 0 Å². The number of ether oxygens (including phenoxy) is 1. The molecule has 0 atom stereocenters. The van der Waals surface area contributed by atoms with E-state index in [-0.39, 0.29) is 5.97 Å². The van der Waals surface area contributed by atoms with Crippen LogP contribution in [0.3, 0.4) is 0 Å². The SMILES string of the molecule is CC(=O)Oc1ccc(=C(C)C)/c(=C\C(Br)=C/I)c1. The molecule has 0 aliphatic carbocycles. The first kappa shape index (κ1) is 15.4. The number of carbonyl (C=O) groups is 1. The van der Waals surface area contributed by atoms with Crippen LogP contribution in [0.5, 0.6) is 5.75 Å². The molecule has 96 valence electrons. The van der Waals surface area contributed by atoms with Crippen molar-refractivity contribution < 1.29 is 9.53 Å². The van der Waals surface area contributed by atoms with Crippen molar-refractivity contribution in [3.63, 3.8) is 0 Å². The standard InChI is InChI=1S/C14H14BrIO2/c1-9(2)14-5-4-13(18-10(3)17)7-11(14)6-12(15)8-16/h4-8H,1-3H3/b11-6-,12-8+. The summed E-state index contributed by atoms with van der Waals surface area (Å²) in [5, 5.41) is 2.16. The highest BCUT2D eigenvalue weighted by atomic mass is 127. The molecule has 18 heavy (non-hydrogen) atoms. The molecule has 0 saturated heterocycles. The van der Waals surface area contributed by atoms with E-state index in [2.05, 4.69) is 52.4 Å². The molecule has 4 heteroatoms. The summed E-state index contributed by atoms with van der Waals surface area (Å²) in [5.74, 6) is 0.252. The molecule has 0 heterocycles. The van der Waals surface area contributed by atoms with Crippen LogP contribution in [-0.2, 0) is 4.79 Å². The Bertz CT molecular complexity index is 599. The van der Waals surface area contributed by atoms with Gasteiger partial charge in [-0.05, 0) is 46.6 Å². The van der Waals surface area contributed by atoms with Crippen LogP contribution >= 0.6 is 38.5 Å². The summed E-state index contributed by atoms with van der Waals surface area (Å²) in [7, 11) is 0. The first-order chi connectivity index (χ1) is 8.43. The van der Waals surface area contributed by atoms with Crippen molar-refractivity contribution in [1.82, 2.24) is 0 Å². The van der Waals surface area contributed by atoms with Gasteiger partial charge in [0.25, 0.3) is 0 Å². The molecule has 0 N–H and O–H groups in total.